The molecule has 3 aromatic rings. The van der Waals surface area contributed by atoms with E-state index in [9.17, 15) is 9.59 Å². The first-order valence-electron chi connectivity index (χ1n) is 8.20. The summed E-state index contributed by atoms with van der Waals surface area (Å²) in [5.41, 5.74) is 0.735. The lowest BCUT2D eigenvalue weighted by molar-refractivity contribution is 0.0738. The molecule has 1 aromatic carbocycles. The summed E-state index contributed by atoms with van der Waals surface area (Å²) in [7, 11) is 3.46. The molecule has 1 aliphatic heterocycles. The maximum absolute atomic E-state index is 12.8. The third-order valence-electron chi connectivity index (χ3n) is 4.54. The van der Waals surface area contributed by atoms with Crippen LogP contribution in [0.5, 0.6) is 0 Å². The van der Waals surface area contributed by atoms with Crippen molar-refractivity contribution in [2.24, 2.45) is 0 Å². The van der Waals surface area contributed by atoms with Crippen LogP contribution < -0.4 is 0 Å². The van der Waals surface area contributed by atoms with Crippen LogP contribution in [0.2, 0.25) is 5.02 Å². The largest absolute Gasteiger partial charge is 0.339 e. The quantitative estimate of drug-likeness (QED) is 0.692. The smallest absolute Gasteiger partial charge is 0.274 e. The van der Waals surface area contributed by atoms with Crippen molar-refractivity contribution >= 4 is 44.8 Å². The highest BCUT2D eigenvalue weighted by Crippen LogP contribution is 2.35. The van der Waals surface area contributed by atoms with Gasteiger partial charge in [0, 0.05) is 41.7 Å². The van der Waals surface area contributed by atoms with E-state index < -0.39 is 0 Å². The van der Waals surface area contributed by atoms with Crippen molar-refractivity contribution in [3.8, 4) is 0 Å². The van der Waals surface area contributed by atoms with Gasteiger partial charge in [-0.3, -0.25) is 14.3 Å². The summed E-state index contributed by atoms with van der Waals surface area (Å²) < 4.78 is 2.70. The number of likely N-dealkylation sites (N-methyl/N-ethyl adjacent to an activating group) is 1. The van der Waals surface area contributed by atoms with Crippen molar-refractivity contribution in [2.75, 3.05) is 20.6 Å². The number of aromatic nitrogens is 2. The zero-order chi connectivity index (χ0) is 18.4. The van der Waals surface area contributed by atoms with Gasteiger partial charge in [-0.2, -0.15) is 5.10 Å². The Balaban J connectivity index is 1.57. The Morgan fingerprint density at radius 3 is 2.88 bits per heavy atom. The van der Waals surface area contributed by atoms with E-state index in [1.54, 1.807) is 46.0 Å². The predicted octanol–water partition coefficient (Wildman–Crippen LogP) is 3.11. The maximum atomic E-state index is 12.8. The molecule has 2 amide bonds. The molecule has 3 heterocycles. The number of fused-ring (bicyclic) bond motifs is 2. The number of benzene rings is 1. The van der Waals surface area contributed by atoms with E-state index >= 15 is 0 Å². The molecule has 0 N–H and O–H groups in total. The van der Waals surface area contributed by atoms with E-state index in [0.29, 0.717) is 30.4 Å². The van der Waals surface area contributed by atoms with Gasteiger partial charge < -0.3 is 9.80 Å². The van der Waals surface area contributed by atoms with Gasteiger partial charge in [-0.05, 0) is 6.07 Å². The minimum absolute atomic E-state index is 0.113. The number of rotatable bonds is 3. The van der Waals surface area contributed by atoms with Crippen molar-refractivity contribution in [3.05, 3.63) is 51.6 Å². The van der Waals surface area contributed by atoms with Gasteiger partial charge in [0.05, 0.1) is 18.1 Å². The lowest BCUT2D eigenvalue weighted by atomic mass is 10.2. The Morgan fingerprint density at radius 1 is 1.35 bits per heavy atom. The second-order valence-electron chi connectivity index (χ2n) is 6.36. The molecule has 26 heavy (non-hydrogen) atoms. The van der Waals surface area contributed by atoms with Crippen LogP contribution in [0.4, 0.5) is 0 Å². The second-order valence-corrected chi connectivity index (χ2v) is 7.88. The van der Waals surface area contributed by atoms with E-state index in [0.717, 1.165) is 15.0 Å². The van der Waals surface area contributed by atoms with Crippen LogP contribution in [-0.4, -0.2) is 52.0 Å². The Bertz CT molecular complexity index is 1030. The summed E-state index contributed by atoms with van der Waals surface area (Å²) in [4.78, 5) is 29.1. The van der Waals surface area contributed by atoms with Crippen molar-refractivity contribution in [1.82, 2.24) is 19.6 Å². The fourth-order valence-electron chi connectivity index (χ4n) is 3.05. The first kappa shape index (κ1) is 17.1. The predicted molar refractivity (Wildman–Crippen MR) is 102 cm³/mol. The highest BCUT2D eigenvalue weighted by Gasteiger charge is 2.27. The average Bonchev–Trinajstić information content (AvgIpc) is 3.20. The van der Waals surface area contributed by atoms with Gasteiger partial charge in [0.15, 0.2) is 5.69 Å². The number of halogens is 1. The number of amides is 2. The third kappa shape index (κ3) is 2.77. The van der Waals surface area contributed by atoms with Crippen LogP contribution >= 0.6 is 22.9 Å². The van der Waals surface area contributed by atoms with Crippen LogP contribution in [-0.2, 0) is 13.1 Å². The minimum Gasteiger partial charge on any atom is -0.339 e. The molecule has 0 bridgehead atoms. The van der Waals surface area contributed by atoms with Gasteiger partial charge in [0.2, 0.25) is 0 Å². The van der Waals surface area contributed by atoms with Gasteiger partial charge >= 0.3 is 0 Å². The second kappa shape index (κ2) is 6.41. The minimum atomic E-state index is -0.226. The highest BCUT2D eigenvalue weighted by atomic mass is 35.5. The molecule has 0 atom stereocenters. The van der Waals surface area contributed by atoms with Crippen molar-refractivity contribution in [3.63, 3.8) is 0 Å². The fourth-order valence-corrected chi connectivity index (χ4v) is 4.60. The topological polar surface area (TPSA) is 58.4 Å². The van der Waals surface area contributed by atoms with E-state index in [1.807, 2.05) is 24.3 Å². The standard InChI is InChI=1S/C18H17ClN4O2S/c1-21-7-8-23-13(18(21)25)9-12(20-23)17(24)22(2)10-15-16(19)11-5-3-4-6-14(11)26-15/h3-6,9H,7-8,10H2,1-2H3. The Morgan fingerprint density at radius 2 is 2.12 bits per heavy atom. The molecule has 0 saturated carbocycles. The molecule has 134 valence electrons. The first-order valence-corrected chi connectivity index (χ1v) is 9.40. The summed E-state index contributed by atoms with van der Waals surface area (Å²) >= 11 is 8.05. The summed E-state index contributed by atoms with van der Waals surface area (Å²) in [6.07, 6.45) is 0. The Hall–Kier alpha value is -2.38. The number of nitrogens with zero attached hydrogens (tertiary/aromatic N) is 4. The number of hydrogen-bond donors (Lipinski definition) is 0. The number of carbonyl (C=O) groups excluding carboxylic acids is 2. The van der Waals surface area contributed by atoms with Gasteiger partial charge in [0.1, 0.15) is 5.69 Å². The molecule has 0 saturated heterocycles. The zero-order valence-electron chi connectivity index (χ0n) is 14.4. The number of carbonyl (C=O) groups is 2. The molecule has 6 nitrogen and oxygen atoms in total. The van der Waals surface area contributed by atoms with Crippen LogP contribution in [0.1, 0.15) is 25.9 Å². The summed E-state index contributed by atoms with van der Waals surface area (Å²) in [6, 6.07) is 9.48. The Labute approximate surface area is 159 Å². The molecule has 1 aliphatic rings. The normalized spacial score (nSPS) is 14.0. The van der Waals surface area contributed by atoms with Gasteiger partial charge in [-0.25, -0.2) is 0 Å². The van der Waals surface area contributed by atoms with Crippen LogP contribution in [0, 0.1) is 0 Å². The molecule has 0 unspecified atom stereocenters. The van der Waals surface area contributed by atoms with Crippen LogP contribution in [0.25, 0.3) is 10.1 Å². The number of thiophene rings is 1. The molecule has 4 rings (SSSR count). The molecule has 0 radical (unpaired) electrons. The van der Waals surface area contributed by atoms with Crippen molar-refractivity contribution < 1.29 is 9.59 Å². The van der Waals surface area contributed by atoms with Gasteiger partial charge in [-0.1, -0.05) is 29.8 Å². The SMILES string of the molecule is CN(Cc1sc2ccccc2c1Cl)C(=O)c1cc2n(n1)CCN(C)C2=O. The molecular weight excluding hydrogens is 372 g/mol. The monoisotopic (exact) mass is 388 g/mol. The molecule has 8 heteroatoms. The maximum Gasteiger partial charge on any atom is 0.274 e. The van der Waals surface area contributed by atoms with E-state index in [2.05, 4.69) is 5.10 Å². The molecule has 2 aromatic heterocycles. The van der Waals surface area contributed by atoms with Gasteiger partial charge in [-0.15, -0.1) is 11.3 Å². The van der Waals surface area contributed by atoms with Crippen LogP contribution in [0.15, 0.2) is 30.3 Å². The Kier molecular flexibility index (Phi) is 4.20. The lowest BCUT2D eigenvalue weighted by Crippen LogP contribution is -2.37. The number of hydrogen-bond acceptors (Lipinski definition) is 4. The van der Waals surface area contributed by atoms with Crippen molar-refractivity contribution in [2.45, 2.75) is 13.1 Å². The molecule has 0 fully saturated rings. The summed E-state index contributed by atoms with van der Waals surface area (Å²) in [5.74, 6) is -0.339. The van der Waals surface area contributed by atoms with Crippen LogP contribution in [0.3, 0.4) is 0 Å². The molecule has 0 spiro atoms. The highest BCUT2D eigenvalue weighted by molar-refractivity contribution is 7.19. The van der Waals surface area contributed by atoms with Crippen molar-refractivity contribution in [1.29, 1.82) is 0 Å². The molecular formula is C18H17ClN4O2S. The third-order valence-corrected chi connectivity index (χ3v) is 6.24. The summed E-state index contributed by atoms with van der Waals surface area (Å²) in [6.45, 7) is 1.58. The first-order chi connectivity index (χ1) is 12.5. The van der Waals surface area contributed by atoms with Gasteiger partial charge in [0.25, 0.3) is 11.8 Å². The van der Waals surface area contributed by atoms with E-state index in [1.165, 1.54) is 0 Å². The summed E-state index contributed by atoms with van der Waals surface area (Å²) in [5, 5.41) is 6.00. The lowest BCUT2D eigenvalue weighted by Gasteiger charge is -2.22. The zero-order valence-corrected chi connectivity index (χ0v) is 16.0. The van der Waals surface area contributed by atoms with E-state index in [4.69, 9.17) is 11.6 Å². The average molecular weight is 389 g/mol. The molecule has 0 aliphatic carbocycles. The fraction of sp³-hybridized carbons (Fsp3) is 0.278. The van der Waals surface area contributed by atoms with E-state index in [-0.39, 0.29) is 17.5 Å².